The number of aromatic hydroxyl groups is 1. The van der Waals surface area contributed by atoms with E-state index in [0.29, 0.717) is 18.6 Å². The van der Waals surface area contributed by atoms with Gasteiger partial charge in [0, 0.05) is 19.1 Å². The largest absolute Gasteiger partial charge is 0.507 e. The van der Waals surface area contributed by atoms with Crippen LogP contribution in [0.25, 0.3) is 0 Å². The molecule has 2 aromatic rings. The SMILES string of the molecule is Cc1cc([C@@H](O)[C@@H](C)N2CCC(O)(c3ccccc3)CC2)cc(C)c1O. The minimum atomic E-state index is -0.784. The molecule has 0 aliphatic carbocycles. The van der Waals surface area contributed by atoms with E-state index in [1.807, 2.05) is 63.2 Å². The third kappa shape index (κ3) is 3.63. The highest BCUT2D eigenvalue weighted by molar-refractivity contribution is 5.43. The molecule has 0 saturated carbocycles. The number of aliphatic hydroxyl groups excluding tert-OH is 1. The third-order valence-electron chi connectivity index (χ3n) is 5.82. The summed E-state index contributed by atoms with van der Waals surface area (Å²) in [6, 6.07) is 13.5. The summed E-state index contributed by atoms with van der Waals surface area (Å²) < 4.78 is 0. The number of piperidine rings is 1. The first-order valence-electron chi connectivity index (χ1n) is 9.32. The number of phenolic OH excluding ortho intramolecular Hbond substituents is 1. The van der Waals surface area contributed by atoms with Crippen molar-refractivity contribution < 1.29 is 15.3 Å². The van der Waals surface area contributed by atoms with Gasteiger partial charge in [-0.3, -0.25) is 4.90 Å². The third-order valence-corrected chi connectivity index (χ3v) is 5.82. The lowest BCUT2D eigenvalue weighted by atomic mass is 9.83. The number of benzene rings is 2. The number of phenols is 1. The van der Waals surface area contributed by atoms with Crippen LogP contribution >= 0.6 is 0 Å². The van der Waals surface area contributed by atoms with Crippen LogP contribution in [-0.4, -0.2) is 39.4 Å². The van der Waals surface area contributed by atoms with Crippen molar-refractivity contribution in [3.05, 3.63) is 64.7 Å². The Bertz CT molecular complexity index is 728. The molecule has 1 aliphatic rings. The summed E-state index contributed by atoms with van der Waals surface area (Å²) in [7, 11) is 0. The van der Waals surface area contributed by atoms with E-state index in [4.69, 9.17) is 0 Å². The molecular formula is C22H29NO3. The van der Waals surface area contributed by atoms with E-state index in [2.05, 4.69) is 4.90 Å². The molecule has 2 atom stereocenters. The predicted molar refractivity (Wildman–Crippen MR) is 103 cm³/mol. The van der Waals surface area contributed by atoms with Gasteiger partial charge in [-0.2, -0.15) is 0 Å². The standard InChI is InChI=1S/C22H29NO3/c1-15-13-18(14-16(2)20(15)24)21(25)17(3)23-11-9-22(26,10-12-23)19-7-5-4-6-8-19/h4-8,13-14,17,21,24-26H,9-12H2,1-3H3/t17-,21+/m1/s1. The summed E-state index contributed by atoms with van der Waals surface area (Å²) >= 11 is 0. The van der Waals surface area contributed by atoms with Crippen molar-refractivity contribution in [2.24, 2.45) is 0 Å². The highest BCUT2D eigenvalue weighted by Crippen LogP contribution is 2.35. The summed E-state index contributed by atoms with van der Waals surface area (Å²) in [5, 5.41) is 31.8. The highest BCUT2D eigenvalue weighted by atomic mass is 16.3. The number of hydrogen-bond acceptors (Lipinski definition) is 4. The minimum absolute atomic E-state index is 0.0568. The molecule has 1 fully saturated rings. The van der Waals surface area contributed by atoms with Crippen molar-refractivity contribution in [1.82, 2.24) is 4.90 Å². The van der Waals surface area contributed by atoms with Gasteiger partial charge in [0.05, 0.1) is 11.7 Å². The Morgan fingerprint density at radius 1 is 1.00 bits per heavy atom. The summed E-state index contributed by atoms with van der Waals surface area (Å²) in [5.74, 6) is 0.291. The molecule has 1 aliphatic heterocycles. The van der Waals surface area contributed by atoms with Crippen LogP contribution in [-0.2, 0) is 5.60 Å². The van der Waals surface area contributed by atoms with E-state index in [-0.39, 0.29) is 6.04 Å². The number of likely N-dealkylation sites (tertiary alicyclic amines) is 1. The van der Waals surface area contributed by atoms with E-state index in [1.165, 1.54) is 0 Å². The van der Waals surface area contributed by atoms with Gasteiger partial charge in [0.1, 0.15) is 5.75 Å². The molecule has 0 amide bonds. The fourth-order valence-corrected chi connectivity index (χ4v) is 3.98. The van der Waals surface area contributed by atoms with Crippen LogP contribution in [0.3, 0.4) is 0 Å². The maximum Gasteiger partial charge on any atom is 0.121 e. The second-order valence-electron chi connectivity index (χ2n) is 7.62. The molecule has 2 aromatic carbocycles. The van der Waals surface area contributed by atoms with Gasteiger partial charge in [-0.1, -0.05) is 30.3 Å². The first-order valence-corrected chi connectivity index (χ1v) is 9.32. The van der Waals surface area contributed by atoms with E-state index in [1.54, 1.807) is 0 Å². The summed E-state index contributed by atoms with van der Waals surface area (Å²) in [6.07, 6.45) is 0.680. The van der Waals surface area contributed by atoms with Gasteiger partial charge in [-0.15, -0.1) is 0 Å². The van der Waals surface area contributed by atoms with Crippen molar-refractivity contribution in [2.75, 3.05) is 13.1 Å². The Hall–Kier alpha value is -1.88. The number of nitrogens with zero attached hydrogens (tertiary/aromatic N) is 1. The van der Waals surface area contributed by atoms with Crippen molar-refractivity contribution in [3.8, 4) is 5.75 Å². The molecule has 4 heteroatoms. The lowest BCUT2D eigenvalue weighted by Gasteiger charge is -2.42. The molecule has 3 N–H and O–H groups in total. The smallest absolute Gasteiger partial charge is 0.121 e. The Labute approximate surface area is 155 Å². The van der Waals surface area contributed by atoms with Crippen LogP contribution in [0.5, 0.6) is 5.75 Å². The predicted octanol–water partition coefficient (Wildman–Crippen LogP) is 3.41. The van der Waals surface area contributed by atoms with Crippen LogP contribution < -0.4 is 0 Å². The van der Waals surface area contributed by atoms with Crippen molar-refractivity contribution >= 4 is 0 Å². The van der Waals surface area contributed by atoms with Gasteiger partial charge in [0.25, 0.3) is 0 Å². The quantitative estimate of drug-likeness (QED) is 0.786. The van der Waals surface area contributed by atoms with Gasteiger partial charge in [0.2, 0.25) is 0 Å². The van der Waals surface area contributed by atoms with Gasteiger partial charge in [-0.05, 0) is 68.0 Å². The first kappa shape index (κ1) is 18.9. The monoisotopic (exact) mass is 355 g/mol. The average Bonchev–Trinajstić information content (AvgIpc) is 2.66. The molecule has 140 valence electrons. The highest BCUT2D eigenvalue weighted by Gasteiger charge is 2.36. The zero-order valence-electron chi connectivity index (χ0n) is 15.8. The minimum Gasteiger partial charge on any atom is -0.507 e. The first-order chi connectivity index (χ1) is 12.3. The fourth-order valence-electron chi connectivity index (χ4n) is 3.98. The zero-order chi connectivity index (χ0) is 18.9. The van der Waals surface area contributed by atoms with Gasteiger partial charge in [0.15, 0.2) is 0 Å². The second-order valence-corrected chi connectivity index (χ2v) is 7.62. The summed E-state index contributed by atoms with van der Waals surface area (Å²) in [6.45, 7) is 7.20. The molecule has 0 spiro atoms. The van der Waals surface area contributed by atoms with Crippen LogP contribution in [0, 0.1) is 13.8 Å². The lowest BCUT2D eigenvalue weighted by molar-refractivity contribution is -0.0501. The number of aryl methyl sites for hydroxylation is 2. The van der Waals surface area contributed by atoms with Crippen LogP contribution in [0.15, 0.2) is 42.5 Å². The normalized spacial score (nSPS) is 19.9. The number of aliphatic hydroxyl groups is 2. The molecule has 3 rings (SSSR count). The molecule has 0 unspecified atom stereocenters. The molecular weight excluding hydrogens is 326 g/mol. The Kier molecular flexibility index (Phi) is 5.37. The number of rotatable bonds is 4. The van der Waals surface area contributed by atoms with Crippen molar-refractivity contribution in [2.45, 2.75) is 51.4 Å². The molecule has 1 heterocycles. The van der Waals surface area contributed by atoms with E-state index < -0.39 is 11.7 Å². The Morgan fingerprint density at radius 3 is 2.08 bits per heavy atom. The molecule has 26 heavy (non-hydrogen) atoms. The van der Waals surface area contributed by atoms with Crippen molar-refractivity contribution in [3.63, 3.8) is 0 Å². The topological polar surface area (TPSA) is 63.9 Å². The second kappa shape index (κ2) is 7.39. The Morgan fingerprint density at radius 2 is 1.54 bits per heavy atom. The van der Waals surface area contributed by atoms with Crippen LogP contribution in [0.1, 0.15) is 48.1 Å². The van der Waals surface area contributed by atoms with Gasteiger partial charge >= 0.3 is 0 Å². The molecule has 4 nitrogen and oxygen atoms in total. The molecule has 0 bridgehead atoms. The number of hydrogen-bond donors (Lipinski definition) is 3. The van der Waals surface area contributed by atoms with Crippen molar-refractivity contribution in [1.29, 1.82) is 0 Å². The van der Waals surface area contributed by atoms with E-state index in [0.717, 1.165) is 35.3 Å². The average molecular weight is 355 g/mol. The fraction of sp³-hybridized carbons (Fsp3) is 0.455. The summed E-state index contributed by atoms with van der Waals surface area (Å²) in [5.41, 5.74) is 2.58. The lowest BCUT2D eigenvalue weighted by Crippen LogP contribution is -2.47. The van der Waals surface area contributed by atoms with Crippen LogP contribution in [0.2, 0.25) is 0 Å². The van der Waals surface area contributed by atoms with Crippen LogP contribution in [0.4, 0.5) is 0 Å². The maximum absolute atomic E-state index is 11.0. The molecule has 1 saturated heterocycles. The molecule has 0 radical (unpaired) electrons. The molecule has 0 aromatic heterocycles. The van der Waals surface area contributed by atoms with Gasteiger partial charge < -0.3 is 15.3 Å². The van der Waals surface area contributed by atoms with Gasteiger partial charge in [-0.25, -0.2) is 0 Å². The maximum atomic E-state index is 11.0. The van der Waals surface area contributed by atoms with E-state index in [9.17, 15) is 15.3 Å². The zero-order valence-corrected chi connectivity index (χ0v) is 15.8. The van der Waals surface area contributed by atoms with E-state index >= 15 is 0 Å². The Balaban J connectivity index is 1.69. The summed E-state index contributed by atoms with van der Waals surface area (Å²) in [4.78, 5) is 2.24.